The van der Waals surface area contributed by atoms with Gasteiger partial charge in [-0.1, -0.05) is 38.1 Å². The quantitative estimate of drug-likeness (QED) is 0.590. The van der Waals surface area contributed by atoms with Crippen LogP contribution in [-0.4, -0.2) is 17.4 Å². The number of nitrogens with zero attached hydrogens (tertiary/aromatic N) is 1. The average Bonchev–Trinajstić information content (AvgIpc) is 2.68. The predicted molar refractivity (Wildman–Crippen MR) is 117 cm³/mol. The van der Waals surface area contributed by atoms with Crippen LogP contribution in [0, 0.1) is 6.92 Å². The number of carbonyl (C=O) groups excluding carboxylic acids is 1. The van der Waals surface area contributed by atoms with Gasteiger partial charge in [-0.15, -0.1) is 0 Å². The molecule has 3 aromatic rings. The molecule has 0 radical (unpaired) electrons. The van der Waals surface area contributed by atoms with Crippen molar-refractivity contribution in [3.05, 3.63) is 70.9 Å². The van der Waals surface area contributed by atoms with Crippen LogP contribution in [0.25, 0.3) is 10.9 Å². The van der Waals surface area contributed by atoms with E-state index in [-0.39, 0.29) is 11.9 Å². The largest absolute Gasteiger partial charge is 0.385 e. The number of nitrogens with one attached hydrogen (secondary N) is 2. The Bertz CT molecular complexity index is 994. The van der Waals surface area contributed by atoms with Crippen molar-refractivity contribution < 1.29 is 4.79 Å². The molecule has 0 unspecified atom stereocenters. The van der Waals surface area contributed by atoms with Crippen LogP contribution < -0.4 is 10.6 Å². The second-order valence-electron chi connectivity index (χ2n) is 7.60. The minimum Gasteiger partial charge on any atom is -0.385 e. The minimum absolute atomic E-state index is 0.0947. The lowest BCUT2D eigenvalue weighted by Gasteiger charge is -2.17. The van der Waals surface area contributed by atoms with Crippen LogP contribution >= 0.6 is 0 Å². The van der Waals surface area contributed by atoms with Crippen molar-refractivity contribution in [2.45, 2.75) is 46.6 Å². The number of amides is 1. The number of hydrogen-bond acceptors (Lipinski definition) is 3. The van der Waals surface area contributed by atoms with Gasteiger partial charge in [0.15, 0.2) is 0 Å². The van der Waals surface area contributed by atoms with E-state index in [1.54, 1.807) is 6.07 Å². The molecule has 28 heavy (non-hydrogen) atoms. The first-order valence-corrected chi connectivity index (χ1v) is 9.95. The van der Waals surface area contributed by atoms with Crippen molar-refractivity contribution in [2.24, 2.45) is 0 Å². The van der Waals surface area contributed by atoms with Crippen LogP contribution in [0.5, 0.6) is 0 Å². The molecule has 0 aliphatic heterocycles. The smallest absolute Gasteiger partial charge is 0.270 e. The summed E-state index contributed by atoms with van der Waals surface area (Å²) in [4.78, 5) is 17.3. The molecular formula is C24H29N3O. The normalized spacial score (nSPS) is 12.2. The van der Waals surface area contributed by atoms with E-state index in [0.29, 0.717) is 11.6 Å². The van der Waals surface area contributed by atoms with Gasteiger partial charge < -0.3 is 10.6 Å². The Balaban J connectivity index is 1.76. The average molecular weight is 376 g/mol. The lowest BCUT2D eigenvalue weighted by atomic mass is 10.0. The maximum Gasteiger partial charge on any atom is 0.270 e. The fourth-order valence-corrected chi connectivity index (χ4v) is 3.33. The molecule has 2 N–H and O–H groups in total. The van der Waals surface area contributed by atoms with Gasteiger partial charge >= 0.3 is 0 Å². The SMILES string of the molecule is CCNc1ccc([C@@H](C)NC(=O)c2ccc3cc(C(C)C)ccc3n2)cc1C. The van der Waals surface area contributed by atoms with E-state index < -0.39 is 0 Å². The first-order chi connectivity index (χ1) is 13.4. The molecule has 0 fully saturated rings. The van der Waals surface area contributed by atoms with Crippen LogP contribution in [0.4, 0.5) is 5.69 Å². The Hall–Kier alpha value is -2.88. The molecular weight excluding hydrogens is 346 g/mol. The molecule has 3 rings (SSSR count). The molecule has 1 aromatic heterocycles. The molecule has 1 heterocycles. The van der Waals surface area contributed by atoms with Gasteiger partial charge in [-0.05, 0) is 67.6 Å². The van der Waals surface area contributed by atoms with Crippen molar-refractivity contribution in [1.29, 1.82) is 0 Å². The number of anilines is 1. The first-order valence-electron chi connectivity index (χ1n) is 9.95. The highest BCUT2D eigenvalue weighted by Gasteiger charge is 2.14. The number of aromatic nitrogens is 1. The summed E-state index contributed by atoms with van der Waals surface area (Å²) < 4.78 is 0. The molecule has 0 saturated carbocycles. The maximum absolute atomic E-state index is 12.7. The number of hydrogen-bond donors (Lipinski definition) is 2. The maximum atomic E-state index is 12.7. The molecule has 146 valence electrons. The third-order valence-electron chi connectivity index (χ3n) is 5.08. The standard InChI is InChI=1S/C24H29N3O/c1-6-25-21-10-8-19(13-16(21)4)17(5)26-24(28)23-12-9-20-14-18(15(2)3)7-11-22(20)27-23/h7-15,17,25H,6H2,1-5H3,(H,26,28)/t17-/m1/s1. The minimum atomic E-state index is -0.157. The van der Waals surface area contributed by atoms with Crippen molar-refractivity contribution in [1.82, 2.24) is 10.3 Å². The van der Waals surface area contributed by atoms with Gasteiger partial charge in [0, 0.05) is 17.6 Å². The molecule has 0 saturated heterocycles. The predicted octanol–water partition coefficient (Wildman–Crippen LogP) is 5.59. The van der Waals surface area contributed by atoms with Gasteiger partial charge in [0.25, 0.3) is 5.91 Å². The molecule has 4 heteroatoms. The van der Waals surface area contributed by atoms with E-state index in [4.69, 9.17) is 0 Å². The number of benzene rings is 2. The summed E-state index contributed by atoms with van der Waals surface area (Å²) in [6.45, 7) is 11.4. The molecule has 2 aromatic carbocycles. The van der Waals surface area contributed by atoms with E-state index in [1.165, 1.54) is 11.1 Å². The molecule has 1 amide bonds. The van der Waals surface area contributed by atoms with Crippen LogP contribution in [0.1, 0.15) is 66.8 Å². The molecule has 0 aliphatic rings. The number of carbonyl (C=O) groups is 1. The summed E-state index contributed by atoms with van der Waals surface area (Å²) in [5, 5.41) is 7.46. The zero-order valence-electron chi connectivity index (χ0n) is 17.3. The molecule has 1 atom stereocenters. The highest BCUT2D eigenvalue weighted by atomic mass is 16.1. The summed E-state index contributed by atoms with van der Waals surface area (Å²) >= 11 is 0. The molecule has 0 bridgehead atoms. The number of aryl methyl sites for hydroxylation is 1. The zero-order valence-corrected chi connectivity index (χ0v) is 17.3. The van der Waals surface area contributed by atoms with E-state index >= 15 is 0 Å². The number of fused-ring (bicyclic) bond motifs is 1. The van der Waals surface area contributed by atoms with Crippen LogP contribution in [0.3, 0.4) is 0 Å². The number of pyridine rings is 1. The first kappa shape index (κ1) is 19.9. The van der Waals surface area contributed by atoms with Gasteiger partial charge in [-0.25, -0.2) is 4.98 Å². The second kappa shape index (κ2) is 8.42. The Kier molecular flexibility index (Phi) is 5.98. The topological polar surface area (TPSA) is 54.0 Å². The van der Waals surface area contributed by atoms with Gasteiger partial charge in [-0.2, -0.15) is 0 Å². The summed E-state index contributed by atoms with van der Waals surface area (Å²) in [5.41, 5.74) is 5.94. The highest BCUT2D eigenvalue weighted by Crippen LogP contribution is 2.22. The van der Waals surface area contributed by atoms with Gasteiger partial charge in [0.1, 0.15) is 5.69 Å². The molecule has 0 aliphatic carbocycles. The van der Waals surface area contributed by atoms with Crippen molar-refractivity contribution in [2.75, 3.05) is 11.9 Å². The van der Waals surface area contributed by atoms with E-state index in [0.717, 1.165) is 28.7 Å². The van der Waals surface area contributed by atoms with Crippen molar-refractivity contribution in [3.63, 3.8) is 0 Å². The summed E-state index contributed by atoms with van der Waals surface area (Å²) in [7, 11) is 0. The second-order valence-corrected chi connectivity index (χ2v) is 7.60. The van der Waals surface area contributed by atoms with Crippen LogP contribution in [0.15, 0.2) is 48.5 Å². The van der Waals surface area contributed by atoms with Gasteiger partial charge in [0.2, 0.25) is 0 Å². The Labute approximate surface area is 167 Å². The summed E-state index contributed by atoms with van der Waals surface area (Å²) in [6.07, 6.45) is 0. The molecule has 4 nitrogen and oxygen atoms in total. The Morgan fingerprint density at radius 3 is 2.43 bits per heavy atom. The fourth-order valence-electron chi connectivity index (χ4n) is 3.33. The van der Waals surface area contributed by atoms with E-state index in [9.17, 15) is 4.79 Å². The monoisotopic (exact) mass is 375 g/mol. The lowest BCUT2D eigenvalue weighted by Crippen LogP contribution is -2.27. The Morgan fingerprint density at radius 2 is 1.75 bits per heavy atom. The van der Waals surface area contributed by atoms with Gasteiger partial charge in [0.05, 0.1) is 11.6 Å². The van der Waals surface area contributed by atoms with E-state index in [2.05, 4.69) is 73.6 Å². The van der Waals surface area contributed by atoms with Crippen LogP contribution in [-0.2, 0) is 0 Å². The molecule has 0 spiro atoms. The van der Waals surface area contributed by atoms with Gasteiger partial charge in [-0.3, -0.25) is 4.79 Å². The summed E-state index contributed by atoms with van der Waals surface area (Å²) in [5.74, 6) is 0.311. The highest BCUT2D eigenvalue weighted by molar-refractivity contribution is 5.95. The lowest BCUT2D eigenvalue weighted by molar-refractivity contribution is 0.0935. The van der Waals surface area contributed by atoms with Crippen molar-refractivity contribution >= 4 is 22.5 Å². The third-order valence-corrected chi connectivity index (χ3v) is 5.08. The summed E-state index contributed by atoms with van der Waals surface area (Å²) in [6, 6.07) is 16.1. The van der Waals surface area contributed by atoms with Crippen LogP contribution in [0.2, 0.25) is 0 Å². The Morgan fingerprint density at radius 1 is 1.00 bits per heavy atom. The third kappa shape index (κ3) is 4.33. The number of rotatable bonds is 6. The fraction of sp³-hybridized carbons (Fsp3) is 0.333. The zero-order chi connectivity index (χ0) is 20.3. The van der Waals surface area contributed by atoms with E-state index in [1.807, 2.05) is 19.1 Å². The van der Waals surface area contributed by atoms with Crippen molar-refractivity contribution in [3.8, 4) is 0 Å².